The topological polar surface area (TPSA) is 95.4 Å². The van der Waals surface area contributed by atoms with Gasteiger partial charge in [0.05, 0.1) is 30.7 Å². The molecular formula is C9H13N7. The molecule has 0 aliphatic carbocycles. The van der Waals surface area contributed by atoms with Crippen LogP contribution in [0.1, 0.15) is 23.3 Å². The smallest absolute Gasteiger partial charge is 0.176 e. The van der Waals surface area contributed by atoms with Crippen molar-refractivity contribution in [2.75, 3.05) is 0 Å². The van der Waals surface area contributed by atoms with E-state index in [0.717, 1.165) is 11.4 Å². The molecule has 2 aromatic heterocycles. The highest BCUT2D eigenvalue weighted by Crippen LogP contribution is 2.09. The standard InChI is InChI=1S/C9H13N7/c1-6-4-12-8(5-11-6)7(10)3-9-13-15-16(2)14-9/h4-5,7H,3,10H2,1-2H3. The third kappa shape index (κ3) is 2.37. The van der Waals surface area contributed by atoms with Crippen LogP contribution in [0.15, 0.2) is 12.4 Å². The highest BCUT2D eigenvalue weighted by molar-refractivity contribution is 5.06. The molecule has 0 fully saturated rings. The molecule has 2 rings (SSSR count). The lowest BCUT2D eigenvalue weighted by Gasteiger charge is -2.07. The van der Waals surface area contributed by atoms with Gasteiger partial charge in [0.25, 0.3) is 0 Å². The maximum Gasteiger partial charge on any atom is 0.176 e. The van der Waals surface area contributed by atoms with Crippen molar-refractivity contribution in [2.45, 2.75) is 19.4 Å². The highest BCUT2D eigenvalue weighted by atomic mass is 15.6. The number of rotatable bonds is 3. The van der Waals surface area contributed by atoms with Crippen molar-refractivity contribution in [3.05, 3.63) is 29.6 Å². The molecule has 1 unspecified atom stereocenters. The minimum absolute atomic E-state index is 0.253. The maximum absolute atomic E-state index is 5.97. The first-order valence-electron chi connectivity index (χ1n) is 4.92. The minimum Gasteiger partial charge on any atom is -0.322 e. The molecular weight excluding hydrogens is 206 g/mol. The van der Waals surface area contributed by atoms with E-state index in [-0.39, 0.29) is 6.04 Å². The van der Waals surface area contributed by atoms with E-state index in [0.29, 0.717) is 12.2 Å². The molecule has 2 N–H and O–H groups in total. The Balaban J connectivity index is 2.08. The summed E-state index contributed by atoms with van der Waals surface area (Å²) in [5.74, 6) is 0.609. The predicted octanol–water partition coefficient (Wildman–Crippen LogP) is -0.449. The van der Waals surface area contributed by atoms with Crippen LogP contribution in [0, 0.1) is 6.92 Å². The molecule has 84 valence electrons. The first-order chi connectivity index (χ1) is 7.65. The average Bonchev–Trinajstić information content (AvgIpc) is 2.65. The zero-order chi connectivity index (χ0) is 11.5. The molecule has 7 nitrogen and oxygen atoms in total. The molecule has 2 aromatic rings. The lowest BCUT2D eigenvalue weighted by Crippen LogP contribution is -2.16. The van der Waals surface area contributed by atoms with Crippen molar-refractivity contribution in [1.82, 2.24) is 30.2 Å². The second-order valence-electron chi connectivity index (χ2n) is 3.59. The molecule has 7 heteroatoms. The van der Waals surface area contributed by atoms with Gasteiger partial charge in [0, 0.05) is 12.6 Å². The lowest BCUT2D eigenvalue weighted by atomic mass is 10.1. The third-order valence-corrected chi connectivity index (χ3v) is 2.13. The van der Waals surface area contributed by atoms with E-state index in [1.54, 1.807) is 19.4 Å². The molecule has 2 heterocycles. The summed E-state index contributed by atoms with van der Waals surface area (Å²) in [6.45, 7) is 1.88. The van der Waals surface area contributed by atoms with Crippen molar-refractivity contribution in [2.24, 2.45) is 12.8 Å². The Morgan fingerprint density at radius 2 is 2.19 bits per heavy atom. The normalized spacial score (nSPS) is 12.7. The van der Waals surface area contributed by atoms with Crippen molar-refractivity contribution >= 4 is 0 Å². The van der Waals surface area contributed by atoms with Crippen LogP contribution in [0.2, 0.25) is 0 Å². The number of nitrogens with two attached hydrogens (primary N) is 1. The van der Waals surface area contributed by atoms with E-state index in [1.165, 1.54) is 4.80 Å². The molecule has 0 saturated heterocycles. The largest absolute Gasteiger partial charge is 0.322 e. The summed E-state index contributed by atoms with van der Waals surface area (Å²) in [5.41, 5.74) is 7.57. The summed E-state index contributed by atoms with van der Waals surface area (Å²) in [6.07, 6.45) is 3.88. The number of aromatic nitrogens is 6. The third-order valence-electron chi connectivity index (χ3n) is 2.13. The number of nitrogens with zero attached hydrogens (tertiary/aromatic N) is 6. The Labute approximate surface area is 92.7 Å². The quantitative estimate of drug-likeness (QED) is 0.751. The molecule has 0 bridgehead atoms. The summed E-state index contributed by atoms with van der Waals surface area (Å²) < 4.78 is 0. The molecule has 1 atom stereocenters. The van der Waals surface area contributed by atoms with Crippen LogP contribution in [-0.4, -0.2) is 30.2 Å². The molecule has 0 saturated carbocycles. The maximum atomic E-state index is 5.97. The predicted molar refractivity (Wildman–Crippen MR) is 56.2 cm³/mol. The number of tetrazole rings is 1. The van der Waals surface area contributed by atoms with Gasteiger partial charge in [0.2, 0.25) is 0 Å². The van der Waals surface area contributed by atoms with Gasteiger partial charge in [-0.05, 0) is 12.1 Å². The second-order valence-corrected chi connectivity index (χ2v) is 3.59. The fourth-order valence-corrected chi connectivity index (χ4v) is 1.30. The van der Waals surface area contributed by atoms with Crippen LogP contribution in [-0.2, 0) is 13.5 Å². The minimum atomic E-state index is -0.253. The Bertz CT molecular complexity index is 461. The van der Waals surface area contributed by atoms with Crippen LogP contribution in [0.5, 0.6) is 0 Å². The van der Waals surface area contributed by atoms with Crippen LogP contribution in [0.3, 0.4) is 0 Å². The van der Waals surface area contributed by atoms with Crippen LogP contribution < -0.4 is 5.73 Å². The summed E-state index contributed by atoms with van der Waals surface area (Å²) in [7, 11) is 1.72. The fraction of sp³-hybridized carbons (Fsp3) is 0.444. The van der Waals surface area contributed by atoms with Gasteiger partial charge < -0.3 is 5.73 Å². The van der Waals surface area contributed by atoms with E-state index in [2.05, 4.69) is 25.4 Å². The number of hydrogen-bond acceptors (Lipinski definition) is 6. The van der Waals surface area contributed by atoms with Crippen LogP contribution in [0.25, 0.3) is 0 Å². The van der Waals surface area contributed by atoms with Gasteiger partial charge in [0.15, 0.2) is 5.82 Å². The van der Waals surface area contributed by atoms with E-state index in [9.17, 15) is 0 Å². The lowest BCUT2D eigenvalue weighted by molar-refractivity contribution is 0.620. The van der Waals surface area contributed by atoms with E-state index >= 15 is 0 Å². The zero-order valence-electron chi connectivity index (χ0n) is 9.20. The Morgan fingerprint density at radius 3 is 2.75 bits per heavy atom. The molecule has 0 aliphatic rings. The SMILES string of the molecule is Cc1cnc(C(N)Cc2nnn(C)n2)cn1. The Morgan fingerprint density at radius 1 is 1.38 bits per heavy atom. The zero-order valence-corrected chi connectivity index (χ0v) is 9.20. The van der Waals surface area contributed by atoms with Gasteiger partial charge in [-0.15, -0.1) is 10.2 Å². The summed E-state index contributed by atoms with van der Waals surface area (Å²) in [4.78, 5) is 9.76. The second kappa shape index (κ2) is 4.31. The first kappa shape index (κ1) is 10.6. The van der Waals surface area contributed by atoms with Gasteiger partial charge in [-0.3, -0.25) is 9.97 Å². The van der Waals surface area contributed by atoms with Gasteiger partial charge in [-0.25, -0.2) is 0 Å². The van der Waals surface area contributed by atoms with Gasteiger partial charge >= 0.3 is 0 Å². The number of aryl methyl sites for hydroxylation is 2. The van der Waals surface area contributed by atoms with E-state index < -0.39 is 0 Å². The first-order valence-corrected chi connectivity index (χ1v) is 4.92. The van der Waals surface area contributed by atoms with Crippen molar-refractivity contribution in [1.29, 1.82) is 0 Å². The van der Waals surface area contributed by atoms with Gasteiger partial charge in [-0.2, -0.15) is 4.80 Å². The summed E-state index contributed by atoms with van der Waals surface area (Å²) >= 11 is 0. The summed E-state index contributed by atoms with van der Waals surface area (Å²) in [5, 5.41) is 11.7. The monoisotopic (exact) mass is 219 g/mol. The molecule has 0 aliphatic heterocycles. The molecule has 0 spiro atoms. The molecule has 0 radical (unpaired) electrons. The van der Waals surface area contributed by atoms with Crippen molar-refractivity contribution in [3.63, 3.8) is 0 Å². The Hall–Kier alpha value is -1.89. The number of hydrogen-bond donors (Lipinski definition) is 1. The van der Waals surface area contributed by atoms with Crippen molar-refractivity contribution < 1.29 is 0 Å². The van der Waals surface area contributed by atoms with Crippen LogP contribution >= 0.6 is 0 Å². The van der Waals surface area contributed by atoms with E-state index in [4.69, 9.17) is 5.73 Å². The summed E-state index contributed by atoms with van der Waals surface area (Å²) in [6, 6.07) is -0.253. The van der Waals surface area contributed by atoms with Gasteiger partial charge in [-0.1, -0.05) is 0 Å². The van der Waals surface area contributed by atoms with Gasteiger partial charge in [0.1, 0.15) is 0 Å². The van der Waals surface area contributed by atoms with Crippen LogP contribution in [0.4, 0.5) is 0 Å². The molecule has 16 heavy (non-hydrogen) atoms. The van der Waals surface area contributed by atoms with Crippen molar-refractivity contribution in [3.8, 4) is 0 Å². The average molecular weight is 219 g/mol. The highest BCUT2D eigenvalue weighted by Gasteiger charge is 2.12. The fourth-order valence-electron chi connectivity index (χ4n) is 1.30. The van der Waals surface area contributed by atoms with E-state index in [1.807, 2.05) is 6.92 Å². The molecule has 0 aromatic carbocycles. The Kier molecular flexibility index (Phi) is 2.86. The molecule has 0 amide bonds.